The number of ketones is 1. The molecule has 0 aromatic heterocycles. The first-order valence-corrected chi connectivity index (χ1v) is 32.9. The number of likely N-dealkylation sites (N-methyl/N-ethyl adjacent to an activating group) is 2. The zero-order valence-electron chi connectivity index (χ0n) is 50.9. The molecule has 0 aromatic carbocycles. The van der Waals surface area contributed by atoms with Crippen LogP contribution in [0.2, 0.25) is 36.3 Å². The fraction of sp³-hybridized carbons (Fsp3) is 0.797. The number of carboxylic acid groups (broad SMARTS) is 1. The molecule has 414 valence electrons. The highest BCUT2D eigenvalue weighted by Crippen LogP contribution is 2.42. The Bertz CT molecular complexity index is 1630. The average Bonchev–Trinajstić information content (AvgIpc) is 3.87. The maximum absolute atomic E-state index is 13.0. The molecule has 71 heavy (non-hydrogen) atoms. The van der Waals surface area contributed by atoms with Crippen LogP contribution in [0.25, 0.3) is 0 Å². The van der Waals surface area contributed by atoms with E-state index in [1.54, 1.807) is 32.8 Å². The normalized spacial score (nSPS) is 18.0. The summed E-state index contributed by atoms with van der Waals surface area (Å²) in [6, 6.07) is -1.17. The third kappa shape index (κ3) is 24.5. The summed E-state index contributed by atoms with van der Waals surface area (Å²) in [6.45, 7) is 55.5. The van der Waals surface area contributed by atoms with Gasteiger partial charge in [0.15, 0.2) is 22.4 Å². The maximum atomic E-state index is 13.0. The van der Waals surface area contributed by atoms with Crippen LogP contribution in [0.5, 0.6) is 0 Å². The van der Waals surface area contributed by atoms with E-state index in [2.05, 4.69) is 149 Å². The Hall–Kier alpha value is -2.65. The first kappa shape index (κ1) is 70.4. The molecule has 0 saturated carbocycles. The molecule has 1 aliphatic heterocycles. The highest BCUT2D eigenvalue weighted by atomic mass is 28.4. The van der Waals surface area contributed by atoms with Gasteiger partial charge in [0, 0.05) is 38.5 Å². The molecule has 10 nitrogen and oxygen atoms in total. The number of rotatable bonds is 24. The summed E-state index contributed by atoms with van der Waals surface area (Å²) in [5.74, 6) is 0.597. The number of carbonyl (C=O) groups excluding carboxylic acids is 3. The summed E-state index contributed by atoms with van der Waals surface area (Å²) in [5.41, 5.74) is 3.81. The van der Waals surface area contributed by atoms with E-state index in [4.69, 9.17) is 13.6 Å². The molecule has 0 spiro atoms. The van der Waals surface area contributed by atoms with Crippen molar-refractivity contribution in [2.75, 3.05) is 27.3 Å². The number of aliphatic carboxylic acids is 1. The van der Waals surface area contributed by atoms with E-state index >= 15 is 0 Å². The van der Waals surface area contributed by atoms with E-state index in [0.29, 0.717) is 47.7 Å². The van der Waals surface area contributed by atoms with E-state index in [0.717, 1.165) is 26.1 Å². The van der Waals surface area contributed by atoms with E-state index in [9.17, 15) is 24.3 Å². The average molecular weight is 1030 g/mol. The standard InChI is InChI=1S/C28H53NO3Si.C27H51NO4Si.C4H8O/c1-15-20(4)26(32-33(13,14)28(9,10)11)23(7)21(5)16-17-22(6)27(31)29(12)25(24(8)30)18-19(2)3;1-14-19(4)24(32-33(12,13)27(8,9)10)22(7)20(5)15-16-21(6)25(29)28(11)23(26(30)31)17-18(2)3;1-2-4-5-3-1/h15,17,19,21,23,25-26H,16,18H2,1-14H3;14,16,18,20,22-24H,15,17H2,1-13H3,(H,30,31);1-4H2/b20-15+,22-17+;19-14+,21-16+;/t21-,23-,25?,26?;20-,22-,23?,24?;/m00./s1. The second-order valence-electron chi connectivity index (χ2n) is 25.0. The largest absolute Gasteiger partial charge is 0.480 e. The molecule has 1 rings (SSSR count). The third-order valence-corrected chi connectivity index (χ3v) is 24.7. The summed E-state index contributed by atoms with van der Waals surface area (Å²) >= 11 is 0. The number of carboxylic acids is 1. The molecule has 1 fully saturated rings. The summed E-state index contributed by atoms with van der Waals surface area (Å²) < 4.78 is 18.6. The highest BCUT2D eigenvalue weighted by Gasteiger charge is 2.42. The molecular formula is C59H112N2O8Si2. The summed E-state index contributed by atoms with van der Waals surface area (Å²) in [7, 11) is -0.525. The van der Waals surface area contributed by atoms with Crippen molar-refractivity contribution >= 4 is 40.2 Å². The van der Waals surface area contributed by atoms with Gasteiger partial charge in [-0.1, -0.05) is 121 Å². The number of allylic oxidation sites excluding steroid dienone is 4. The van der Waals surface area contributed by atoms with Crippen molar-refractivity contribution in [3.8, 4) is 0 Å². The first-order valence-electron chi connectivity index (χ1n) is 27.0. The topological polar surface area (TPSA) is 123 Å². The van der Waals surface area contributed by atoms with Gasteiger partial charge in [0.2, 0.25) is 11.8 Å². The molecule has 4 unspecified atom stereocenters. The zero-order valence-corrected chi connectivity index (χ0v) is 52.9. The molecule has 1 N–H and O–H groups in total. The monoisotopic (exact) mass is 1030 g/mol. The lowest BCUT2D eigenvalue weighted by Crippen LogP contribution is -2.46. The van der Waals surface area contributed by atoms with Crippen LogP contribution in [0.4, 0.5) is 0 Å². The molecule has 12 heteroatoms. The van der Waals surface area contributed by atoms with Crippen LogP contribution in [0, 0.1) is 35.5 Å². The minimum absolute atomic E-state index is 0.0420. The smallest absolute Gasteiger partial charge is 0.326 e. The SMILES string of the molecule is C/C=C(\C)C(O[Si](C)(C)C(C)(C)C)[C@@H](C)[C@@H](C)C/C=C(\C)C(=O)N(C)C(CC(C)C)C(=O)O.C/C=C(\C)C(O[Si](C)(C)C(C)(C)C)[C@@H](C)[C@@H](C)C/C=C(\C)C(=O)N(C)C(CC(C)C)C(C)=O.C1CCOC1. The summed E-state index contributed by atoms with van der Waals surface area (Å²) in [6.07, 6.45) is 13.6. The number of hydrogen-bond acceptors (Lipinski definition) is 7. The predicted molar refractivity (Wildman–Crippen MR) is 307 cm³/mol. The number of ether oxygens (including phenoxy) is 1. The molecule has 1 aliphatic rings. The Balaban J connectivity index is 0. The van der Waals surface area contributed by atoms with Gasteiger partial charge < -0.3 is 28.5 Å². The summed E-state index contributed by atoms with van der Waals surface area (Å²) in [5, 5.41) is 9.85. The highest BCUT2D eigenvalue weighted by molar-refractivity contribution is 6.74. The second kappa shape index (κ2) is 31.9. The quantitative estimate of drug-likeness (QED) is 0.0576. The molecule has 1 saturated heterocycles. The Labute approximate surface area is 439 Å². The zero-order chi connectivity index (χ0) is 56.2. The number of amides is 2. The van der Waals surface area contributed by atoms with Crippen LogP contribution in [-0.4, -0.2) is 107 Å². The van der Waals surface area contributed by atoms with Crippen molar-refractivity contribution in [2.24, 2.45) is 35.5 Å². The number of carbonyl (C=O) groups is 4. The fourth-order valence-corrected chi connectivity index (χ4v) is 10.5. The molecule has 0 aliphatic carbocycles. The Morgan fingerprint density at radius 3 is 1.14 bits per heavy atom. The van der Waals surface area contributed by atoms with E-state index in [1.165, 1.54) is 28.9 Å². The van der Waals surface area contributed by atoms with E-state index < -0.39 is 28.6 Å². The van der Waals surface area contributed by atoms with Crippen LogP contribution >= 0.6 is 0 Å². The lowest BCUT2D eigenvalue weighted by atomic mass is 9.85. The second-order valence-corrected chi connectivity index (χ2v) is 34.5. The van der Waals surface area contributed by atoms with Crippen LogP contribution in [0.1, 0.15) is 184 Å². The van der Waals surface area contributed by atoms with Crippen molar-refractivity contribution in [3.63, 3.8) is 0 Å². The van der Waals surface area contributed by atoms with Crippen LogP contribution < -0.4 is 0 Å². The van der Waals surface area contributed by atoms with Crippen molar-refractivity contribution in [1.82, 2.24) is 9.80 Å². The Morgan fingerprint density at radius 1 is 0.592 bits per heavy atom. The van der Waals surface area contributed by atoms with Gasteiger partial charge in [0.1, 0.15) is 6.04 Å². The molecule has 0 radical (unpaired) electrons. The molecule has 0 aromatic rings. The van der Waals surface area contributed by atoms with Crippen LogP contribution in [0.3, 0.4) is 0 Å². The minimum Gasteiger partial charge on any atom is -0.480 e. The molecule has 1 heterocycles. The van der Waals surface area contributed by atoms with Gasteiger partial charge >= 0.3 is 5.97 Å². The predicted octanol–water partition coefficient (Wildman–Crippen LogP) is 15.1. The molecule has 8 atom stereocenters. The molecule has 0 bridgehead atoms. The first-order chi connectivity index (χ1) is 32.2. The van der Waals surface area contributed by atoms with Gasteiger partial charge in [-0.3, -0.25) is 14.4 Å². The van der Waals surface area contributed by atoms with Crippen LogP contribution in [-0.2, 0) is 32.8 Å². The molecule has 2 amide bonds. The lowest BCUT2D eigenvalue weighted by Gasteiger charge is -2.42. The lowest BCUT2D eigenvalue weighted by molar-refractivity contribution is -0.148. The Morgan fingerprint density at radius 2 is 0.901 bits per heavy atom. The van der Waals surface area contributed by atoms with E-state index in [-0.39, 0.29) is 57.8 Å². The van der Waals surface area contributed by atoms with Crippen molar-refractivity contribution in [1.29, 1.82) is 0 Å². The number of nitrogens with zero attached hydrogens (tertiary/aromatic N) is 2. The van der Waals surface area contributed by atoms with Crippen molar-refractivity contribution in [2.45, 2.75) is 244 Å². The van der Waals surface area contributed by atoms with Gasteiger partial charge in [-0.05, 0) is 170 Å². The van der Waals surface area contributed by atoms with Crippen molar-refractivity contribution < 1.29 is 37.9 Å². The molecular weight excluding hydrogens is 921 g/mol. The van der Waals surface area contributed by atoms with E-state index in [1.807, 2.05) is 32.9 Å². The van der Waals surface area contributed by atoms with Gasteiger partial charge in [-0.2, -0.15) is 0 Å². The van der Waals surface area contributed by atoms with Gasteiger partial charge in [0.05, 0.1) is 18.2 Å². The minimum atomic E-state index is -1.94. The summed E-state index contributed by atoms with van der Waals surface area (Å²) in [4.78, 5) is 52.7. The Kier molecular flexibility index (Phi) is 31.7. The number of hydrogen-bond donors (Lipinski definition) is 1. The van der Waals surface area contributed by atoms with Crippen molar-refractivity contribution in [3.05, 3.63) is 46.6 Å². The van der Waals surface area contributed by atoms with Gasteiger partial charge in [-0.15, -0.1) is 0 Å². The number of Topliss-reactive ketones (excluding diaryl/α,β-unsaturated/α-hetero) is 1. The fourth-order valence-electron chi connectivity index (χ4n) is 7.74. The maximum Gasteiger partial charge on any atom is 0.326 e. The van der Waals surface area contributed by atoms with Crippen LogP contribution in [0.15, 0.2) is 46.6 Å². The third-order valence-electron chi connectivity index (χ3n) is 15.8. The van der Waals surface area contributed by atoms with Gasteiger partial charge in [0.25, 0.3) is 0 Å². The van der Waals surface area contributed by atoms with Gasteiger partial charge in [-0.25, -0.2) is 4.79 Å².